The van der Waals surface area contributed by atoms with Crippen molar-refractivity contribution in [2.24, 2.45) is 0 Å². The Hall–Kier alpha value is -1.41. The van der Waals surface area contributed by atoms with E-state index in [1.165, 1.54) is 11.1 Å². The second-order valence-electron chi connectivity index (χ2n) is 4.52. The van der Waals surface area contributed by atoms with Gasteiger partial charge in [0.1, 0.15) is 5.75 Å². The first-order valence-electron chi connectivity index (χ1n) is 6.43. The van der Waals surface area contributed by atoms with E-state index in [0.717, 1.165) is 23.1 Å². The normalized spacial score (nSPS) is 12.1. The predicted molar refractivity (Wildman–Crippen MR) is 83.6 cm³/mol. The Balaban J connectivity index is 2.30. The van der Waals surface area contributed by atoms with Gasteiger partial charge in [0, 0.05) is 10.4 Å². The van der Waals surface area contributed by atoms with E-state index in [-0.39, 0.29) is 0 Å². The molecule has 2 aromatic carbocycles. The van der Waals surface area contributed by atoms with Crippen molar-refractivity contribution in [3.8, 4) is 5.75 Å². The predicted octanol–water partition coefficient (Wildman–Crippen LogP) is 5.20. The molecule has 1 unspecified atom stereocenters. The third-order valence-corrected chi connectivity index (χ3v) is 3.81. The summed E-state index contributed by atoms with van der Waals surface area (Å²) in [4.78, 5) is 0. The molecule has 2 heteroatoms. The van der Waals surface area contributed by atoms with Crippen LogP contribution in [0.2, 0.25) is 0 Å². The second kappa shape index (κ2) is 6.67. The van der Waals surface area contributed by atoms with Crippen LogP contribution in [-0.2, 0) is 0 Å². The molecule has 2 aromatic rings. The zero-order valence-corrected chi connectivity index (χ0v) is 12.7. The fourth-order valence-electron chi connectivity index (χ4n) is 2.26. The molecule has 2 rings (SSSR count). The zero-order valence-electron chi connectivity index (χ0n) is 11.1. The molecule has 0 heterocycles. The van der Waals surface area contributed by atoms with Crippen LogP contribution < -0.4 is 4.74 Å². The van der Waals surface area contributed by atoms with Crippen LogP contribution in [0.15, 0.2) is 53.0 Å². The Morgan fingerprint density at radius 3 is 2.00 bits per heavy atom. The Morgan fingerprint density at radius 2 is 1.53 bits per heavy atom. The van der Waals surface area contributed by atoms with Gasteiger partial charge >= 0.3 is 0 Å². The molecular formula is C17H18BrO+. The zero-order chi connectivity index (χ0) is 13.7. The van der Waals surface area contributed by atoms with E-state index in [2.05, 4.69) is 59.3 Å². The maximum Gasteiger partial charge on any atom is 0.118 e. The second-order valence-corrected chi connectivity index (χ2v) is 5.44. The van der Waals surface area contributed by atoms with Gasteiger partial charge in [0.2, 0.25) is 0 Å². The van der Waals surface area contributed by atoms with E-state index in [1.54, 1.807) is 7.11 Å². The minimum absolute atomic E-state index is 0.400. The highest BCUT2D eigenvalue weighted by Gasteiger charge is 2.14. The Kier molecular flexibility index (Phi) is 4.92. The summed E-state index contributed by atoms with van der Waals surface area (Å²) in [5, 5.41) is 0. The van der Waals surface area contributed by atoms with Gasteiger partial charge < -0.3 is 4.74 Å². The molecule has 19 heavy (non-hydrogen) atoms. The molecule has 0 amide bonds. The van der Waals surface area contributed by atoms with Crippen LogP contribution in [0.4, 0.5) is 0 Å². The molecule has 0 aliphatic rings. The molecule has 0 radical (unpaired) electrons. The van der Waals surface area contributed by atoms with Gasteiger partial charge in [-0.3, -0.25) is 0 Å². The molecule has 0 bridgehead atoms. The highest BCUT2D eigenvalue weighted by Crippen LogP contribution is 2.31. The van der Waals surface area contributed by atoms with E-state index in [0.29, 0.717) is 5.92 Å². The average molecular weight is 318 g/mol. The number of hydrogen-bond donors (Lipinski definition) is 0. The standard InChI is InChI=1S/C17H18BrO/c1-3-4-17(13-5-9-15(18)10-6-13)14-7-11-16(19-2)12-8-14/h5-12,17H,1,3-4H2,2H3/q+1. The molecule has 98 valence electrons. The molecule has 0 saturated carbocycles. The van der Waals surface area contributed by atoms with Gasteiger partial charge in [0.25, 0.3) is 0 Å². The number of benzene rings is 2. The number of hydrogen-bond acceptors (Lipinski definition) is 1. The van der Waals surface area contributed by atoms with Crippen molar-refractivity contribution in [3.05, 3.63) is 71.1 Å². The van der Waals surface area contributed by atoms with Crippen molar-refractivity contribution < 1.29 is 4.74 Å². The average Bonchev–Trinajstić information content (AvgIpc) is 2.46. The summed E-state index contributed by atoms with van der Waals surface area (Å²) in [6.07, 6.45) is 1.97. The summed E-state index contributed by atoms with van der Waals surface area (Å²) in [6, 6.07) is 16.9. The van der Waals surface area contributed by atoms with E-state index in [4.69, 9.17) is 4.74 Å². The van der Waals surface area contributed by atoms with Crippen molar-refractivity contribution in [2.75, 3.05) is 7.11 Å². The van der Waals surface area contributed by atoms with Crippen LogP contribution >= 0.6 is 15.9 Å². The molecule has 0 spiro atoms. The van der Waals surface area contributed by atoms with Gasteiger partial charge in [-0.25, -0.2) is 0 Å². The highest BCUT2D eigenvalue weighted by molar-refractivity contribution is 9.10. The maximum absolute atomic E-state index is 5.21. The van der Waals surface area contributed by atoms with Gasteiger partial charge in [-0.15, -0.1) is 0 Å². The van der Waals surface area contributed by atoms with Crippen LogP contribution in [0.3, 0.4) is 0 Å². The summed E-state index contributed by atoms with van der Waals surface area (Å²) in [5.74, 6) is 1.30. The Morgan fingerprint density at radius 1 is 1.00 bits per heavy atom. The van der Waals surface area contributed by atoms with Crippen molar-refractivity contribution in [1.29, 1.82) is 0 Å². The van der Waals surface area contributed by atoms with E-state index in [1.807, 2.05) is 12.1 Å². The van der Waals surface area contributed by atoms with Crippen LogP contribution in [0.1, 0.15) is 29.9 Å². The summed E-state index contributed by atoms with van der Waals surface area (Å²) in [6.45, 7) is 3.99. The number of rotatable bonds is 5. The van der Waals surface area contributed by atoms with Crippen molar-refractivity contribution in [1.82, 2.24) is 0 Å². The number of ether oxygens (including phenoxy) is 1. The third-order valence-electron chi connectivity index (χ3n) is 3.28. The van der Waals surface area contributed by atoms with Crippen LogP contribution in [-0.4, -0.2) is 7.11 Å². The molecular weight excluding hydrogens is 300 g/mol. The van der Waals surface area contributed by atoms with E-state index < -0.39 is 0 Å². The molecule has 0 aromatic heterocycles. The lowest BCUT2D eigenvalue weighted by atomic mass is 9.88. The van der Waals surface area contributed by atoms with Gasteiger partial charge in [-0.2, -0.15) is 0 Å². The molecule has 0 aliphatic heterocycles. The first-order valence-corrected chi connectivity index (χ1v) is 7.22. The third kappa shape index (κ3) is 3.54. The first-order chi connectivity index (χ1) is 9.24. The van der Waals surface area contributed by atoms with Crippen LogP contribution in [0.25, 0.3) is 0 Å². The smallest absolute Gasteiger partial charge is 0.118 e. The lowest BCUT2D eigenvalue weighted by Crippen LogP contribution is -2.01. The SMILES string of the molecule is [CH2+]CCC(c1ccc(Br)cc1)c1ccc(OC)cc1. The largest absolute Gasteiger partial charge is 0.497 e. The fourth-order valence-corrected chi connectivity index (χ4v) is 2.53. The maximum atomic E-state index is 5.21. The van der Waals surface area contributed by atoms with Gasteiger partial charge in [-0.1, -0.05) is 40.2 Å². The first kappa shape index (κ1) is 14.0. The Bertz CT molecular complexity index is 502. The van der Waals surface area contributed by atoms with Crippen molar-refractivity contribution in [2.45, 2.75) is 18.8 Å². The molecule has 1 atom stereocenters. The molecule has 1 nitrogen and oxygen atoms in total. The van der Waals surface area contributed by atoms with Gasteiger partial charge in [0.15, 0.2) is 0 Å². The lowest BCUT2D eigenvalue weighted by molar-refractivity contribution is 0.414. The molecule has 0 fully saturated rings. The van der Waals surface area contributed by atoms with Crippen molar-refractivity contribution in [3.63, 3.8) is 0 Å². The summed E-state index contributed by atoms with van der Waals surface area (Å²) in [7, 11) is 1.69. The molecule has 0 aliphatic carbocycles. The van der Waals surface area contributed by atoms with E-state index >= 15 is 0 Å². The number of halogens is 1. The molecule has 0 N–H and O–H groups in total. The molecule has 0 saturated heterocycles. The highest BCUT2D eigenvalue weighted by atomic mass is 79.9. The summed E-state index contributed by atoms with van der Waals surface area (Å²) >= 11 is 3.48. The fraction of sp³-hybridized carbons (Fsp3) is 0.235. The summed E-state index contributed by atoms with van der Waals surface area (Å²) < 4.78 is 6.32. The monoisotopic (exact) mass is 317 g/mol. The lowest BCUT2D eigenvalue weighted by Gasteiger charge is -2.16. The van der Waals surface area contributed by atoms with Crippen molar-refractivity contribution >= 4 is 15.9 Å². The minimum atomic E-state index is 0.400. The summed E-state index contributed by atoms with van der Waals surface area (Å²) in [5.41, 5.74) is 2.64. The quantitative estimate of drug-likeness (QED) is 0.688. The van der Waals surface area contributed by atoms with E-state index in [9.17, 15) is 0 Å². The number of methoxy groups -OCH3 is 1. The van der Waals surface area contributed by atoms with Crippen LogP contribution in [0.5, 0.6) is 5.75 Å². The minimum Gasteiger partial charge on any atom is -0.497 e. The van der Waals surface area contributed by atoms with Gasteiger partial charge in [0.05, 0.1) is 20.5 Å². The Labute approximate surface area is 123 Å². The van der Waals surface area contributed by atoms with Gasteiger partial charge in [-0.05, 0) is 41.8 Å². The topological polar surface area (TPSA) is 9.23 Å². The van der Waals surface area contributed by atoms with Crippen LogP contribution in [0, 0.1) is 6.92 Å².